The summed E-state index contributed by atoms with van der Waals surface area (Å²) in [5.74, 6) is -1.41. The normalized spacial score (nSPS) is 27.0. The zero-order valence-electron chi connectivity index (χ0n) is 11.2. The number of halogens is 3. The van der Waals surface area contributed by atoms with Crippen LogP contribution in [0.15, 0.2) is 18.3 Å². The lowest BCUT2D eigenvalue weighted by Gasteiger charge is -2.09. The van der Waals surface area contributed by atoms with E-state index in [4.69, 9.17) is 0 Å². The first-order chi connectivity index (χ1) is 10.5. The Bertz CT molecular complexity index is 747. The van der Waals surface area contributed by atoms with Gasteiger partial charge in [-0.25, -0.2) is 9.31 Å². The molecule has 2 aromatic heterocycles. The van der Waals surface area contributed by atoms with E-state index in [2.05, 4.69) is 20.4 Å². The van der Waals surface area contributed by atoms with Crippen molar-refractivity contribution in [3.63, 3.8) is 0 Å². The molecule has 2 atom stereocenters. The van der Waals surface area contributed by atoms with Gasteiger partial charge in [-0.05, 0) is 37.1 Å². The maximum atomic E-state index is 12.4. The number of carbonyl (C=O) groups excluding carboxylic acids is 1. The highest BCUT2D eigenvalue weighted by atomic mass is 19.4. The molecule has 22 heavy (non-hydrogen) atoms. The lowest BCUT2D eigenvalue weighted by atomic mass is 10.1. The minimum absolute atomic E-state index is 0.157. The summed E-state index contributed by atoms with van der Waals surface area (Å²) < 4.78 is 43.1. The molecule has 1 N–H and O–H groups in total. The molecule has 0 amide bonds. The van der Waals surface area contributed by atoms with Crippen LogP contribution in [0.5, 0.6) is 5.75 Å². The summed E-state index contributed by atoms with van der Waals surface area (Å²) in [7, 11) is 0. The lowest BCUT2D eigenvalue weighted by Crippen LogP contribution is -2.28. The molecule has 2 fully saturated rings. The zero-order chi connectivity index (χ0) is 15.5. The molecule has 1 saturated carbocycles. The molecule has 2 aliphatic rings. The second kappa shape index (κ2) is 4.42. The fourth-order valence-corrected chi connectivity index (χ4v) is 3.23. The van der Waals surface area contributed by atoms with Crippen LogP contribution >= 0.6 is 0 Å². The number of esters is 1. The second-order valence-electron chi connectivity index (χ2n) is 5.54. The van der Waals surface area contributed by atoms with Crippen molar-refractivity contribution in [1.29, 1.82) is 0 Å². The molecule has 4 rings (SSSR count). The van der Waals surface area contributed by atoms with Crippen LogP contribution in [0, 0.1) is 11.8 Å². The summed E-state index contributed by atoms with van der Waals surface area (Å²) in [6.45, 7) is 1.72. The first kappa shape index (κ1) is 13.5. The quantitative estimate of drug-likeness (QED) is 0.842. The number of nitrogens with one attached hydrogen (secondary N) is 1. The Kier molecular flexibility index (Phi) is 2.71. The molecule has 1 aliphatic heterocycles. The monoisotopic (exact) mass is 312 g/mol. The van der Waals surface area contributed by atoms with Gasteiger partial charge in [0, 0.05) is 12.1 Å². The highest BCUT2D eigenvalue weighted by Gasteiger charge is 2.55. The highest BCUT2D eigenvalue weighted by Crippen LogP contribution is 2.56. The third-order valence-corrected chi connectivity index (χ3v) is 4.27. The number of alkyl halides is 3. The molecule has 0 radical (unpaired) electrons. The van der Waals surface area contributed by atoms with Crippen LogP contribution in [0.1, 0.15) is 11.6 Å². The summed E-state index contributed by atoms with van der Waals surface area (Å²) in [4.78, 5) is 11.1. The van der Waals surface area contributed by atoms with E-state index in [1.54, 1.807) is 6.20 Å². The number of rotatable bonds is 2. The minimum atomic E-state index is -5.04. The molecule has 0 aromatic carbocycles. The summed E-state index contributed by atoms with van der Waals surface area (Å²) in [5, 5.41) is 11.2. The predicted molar refractivity (Wildman–Crippen MR) is 67.3 cm³/mol. The predicted octanol–water partition coefficient (Wildman–Crippen LogP) is 1.13. The van der Waals surface area contributed by atoms with Gasteiger partial charge in [-0.15, -0.1) is 5.10 Å². The van der Waals surface area contributed by atoms with Gasteiger partial charge in [0.15, 0.2) is 5.75 Å². The second-order valence-corrected chi connectivity index (χ2v) is 5.54. The van der Waals surface area contributed by atoms with Crippen LogP contribution in [0.25, 0.3) is 5.52 Å². The van der Waals surface area contributed by atoms with Crippen molar-refractivity contribution in [3.05, 3.63) is 24.0 Å². The van der Waals surface area contributed by atoms with Gasteiger partial charge in [0.2, 0.25) is 0 Å². The molecule has 1 aliphatic carbocycles. The Morgan fingerprint density at radius 3 is 2.77 bits per heavy atom. The number of carbonyl (C=O) groups is 1. The third-order valence-electron chi connectivity index (χ3n) is 4.27. The maximum absolute atomic E-state index is 12.4. The van der Waals surface area contributed by atoms with Gasteiger partial charge in [-0.2, -0.15) is 13.2 Å². The van der Waals surface area contributed by atoms with Crippen molar-refractivity contribution in [2.75, 3.05) is 13.1 Å². The van der Waals surface area contributed by atoms with E-state index in [1.807, 2.05) is 0 Å². The Labute approximate surface area is 122 Å². The van der Waals surface area contributed by atoms with Gasteiger partial charge < -0.3 is 10.1 Å². The summed E-state index contributed by atoms with van der Waals surface area (Å²) >= 11 is 0. The first-order valence-corrected chi connectivity index (χ1v) is 6.80. The van der Waals surface area contributed by atoms with Crippen molar-refractivity contribution in [2.45, 2.75) is 12.1 Å². The Morgan fingerprint density at radius 1 is 1.36 bits per heavy atom. The van der Waals surface area contributed by atoms with E-state index in [1.165, 1.54) is 16.6 Å². The van der Waals surface area contributed by atoms with Crippen LogP contribution in [0.3, 0.4) is 0 Å². The fraction of sp³-hybridized carbons (Fsp3) is 0.462. The largest absolute Gasteiger partial charge is 0.491 e. The lowest BCUT2D eigenvalue weighted by molar-refractivity contribution is -0.189. The molecule has 0 bridgehead atoms. The van der Waals surface area contributed by atoms with Crippen LogP contribution in [-0.4, -0.2) is 40.1 Å². The van der Waals surface area contributed by atoms with Crippen molar-refractivity contribution < 1.29 is 22.7 Å². The van der Waals surface area contributed by atoms with E-state index in [0.29, 0.717) is 23.0 Å². The Balaban J connectivity index is 1.73. The van der Waals surface area contributed by atoms with Crippen LogP contribution in [0.4, 0.5) is 13.2 Å². The van der Waals surface area contributed by atoms with Gasteiger partial charge in [-0.1, -0.05) is 5.21 Å². The van der Waals surface area contributed by atoms with E-state index in [-0.39, 0.29) is 11.7 Å². The summed E-state index contributed by atoms with van der Waals surface area (Å²) in [6, 6.07) is 2.78. The highest BCUT2D eigenvalue weighted by molar-refractivity contribution is 5.81. The number of fused-ring (bicyclic) bond motifs is 2. The van der Waals surface area contributed by atoms with E-state index < -0.39 is 12.1 Å². The molecule has 6 nitrogen and oxygen atoms in total. The molecule has 116 valence electrons. The standard InChI is InChI=1S/C13H11F3N4O2/c14-13(15,16)12(21)22-8-2-1-3-20-11(8)10(18-19-20)9-6-4-17-5-7(6)9/h1-3,6-7,9,17H,4-5H2. The number of piperidine rings is 1. The SMILES string of the molecule is O=C(Oc1cccn2nnc(C3C4CNCC43)c12)C(F)(F)F. The maximum Gasteiger partial charge on any atom is 0.491 e. The van der Waals surface area contributed by atoms with Gasteiger partial charge in [-0.3, -0.25) is 0 Å². The fourth-order valence-electron chi connectivity index (χ4n) is 3.23. The molecule has 2 unspecified atom stereocenters. The summed E-state index contributed by atoms with van der Waals surface area (Å²) in [5.41, 5.74) is 0.932. The van der Waals surface area contributed by atoms with E-state index in [9.17, 15) is 18.0 Å². The average molecular weight is 312 g/mol. The number of nitrogens with zero attached hydrogens (tertiary/aromatic N) is 3. The minimum Gasteiger partial charge on any atom is -0.417 e. The van der Waals surface area contributed by atoms with Gasteiger partial charge in [0.1, 0.15) is 5.52 Å². The third kappa shape index (κ3) is 1.96. The van der Waals surface area contributed by atoms with Crippen molar-refractivity contribution in [2.24, 2.45) is 11.8 Å². The number of pyridine rings is 1. The first-order valence-electron chi connectivity index (χ1n) is 6.80. The van der Waals surface area contributed by atoms with Crippen LogP contribution < -0.4 is 10.1 Å². The average Bonchev–Trinajstić information content (AvgIpc) is 2.86. The molecular formula is C13H11F3N4O2. The molecule has 3 heterocycles. The van der Waals surface area contributed by atoms with Crippen molar-refractivity contribution in [1.82, 2.24) is 20.1 Å². The van der Waals surface area contributed by atoms with E-state index >= 15 is 0 Å². The van der Waals surface area contributed by atoms with Crippen LogP contribution in [-0.2, 0) is 4.79 Å². The Morgan fingerprint density at radius 2 is 2.09 bits per heavy atom. The van der Waals surface area contributed by atoms with Gasteiger partial charge in [0.25, 0.3) is 0 Å². The molecule has 2 aromatic rings. The smallest absolute Gasteiger partial charge is 0.417 e. The molecule has 0 spiro atoms. The zero-order valence-corrected chi connectivity index (χ0v) is 11.2. The number of hydrogen-bond donors (Lipinski definition) is 1. The molecule has 9 heteroatoms. The van der Waals surface area contributed by atoms with Crippen molar-refractivity contribution >= 4 is 11.5 Å². The van der Waals surface area contributed by atoms with Gasteiger partial charge >= 0.3 is 12.1 Å². The number of ether oxygens (including phenoxy) is 1. The summed E-state index contributed by atoms with van der Waals surface area (Å²) in [6.07, 6.45) is -3.48. The van der Waals surface area contributed by atoms with Crippen molar-refractivity contribution in [3.8, 4) is 5.75 Å². The number of aromatic nitrogens is 3. The van der Waals surface area contributed by atoms with E-state index in [0.717, 1.165) is 13.1 Å². The number of hydrogen-bond acceptors (Lipinski definition) is 5. The Hall–Kier alpha value is -2.16. The molecule has 1 saturated heterocycles. The van der Waals surface area contributed by atoms with Gasteiger partial charge in [0.05, 0.1) is 5.69 Å². The topological polar surface area (TPSA) is 68.5 Å². The van der Waals surface area contributed by atoms with Crippen LogP contribution in [0.2, 0.25) is 0 Å². The molecular weight excluding hydrogens is 301 g/mol.